The van der Waals surface area contributed by atoms with Gasteiger partial charge >= 0.3 is 6.36 Å². The molecule has 0 heterocycles. The van der Waals surface area contributed by atoms with Gasteiger partial charge < -0.3 is 0 Å². The number of alkyl halides is 4. The minimum atomic E-state index is -4.60. The highest BCUT2D eigenvalue weighted by atomic mass is 79.9. The van der Waals surface area contributed by atoms with E-state index in [0.717, 1.165) is 0 Å². The van der Waals surface area contributed by atoms with Crippen LogP contribution in [0.5, 0.6) is 0 Å². The first-order valence-corrected chi connectivity index (χ1v) is 5.00. The number of benzene rings is 1. The van der Waals surface area contributed by atoms with E-state index in [1.54, 1.807) is 30.3 Å². The molecule has 0 fully saturated rings. The third kappa shape index (κ3) is 3.67. The highest BCUT2D eigenvalue weighted by Crippen LogP contribution is 2.28. The molecule has 0 saturated carbocycles. The van der Waals surface area contributed by atoms with Crippen molar-refractivity contribution < 1.29 is 17.9 Å². The fourth-order valence-electron chi connectivity index (χ4n) is 1.02. The molecule has 14 heavy (non-hydrogen) atoms. The summed E-state index contributed by atoms with van der Waals surface area (Å²) in [6.07, 6.45) is -5.59. The Labute approximate surface area is 88.0 Å². The molecule has 1 nitrogen and oxygen atoms in total. The van der Waals surface area contributed by atoms with Crippen molar-refractivity contribution >= 4 is 15.9 Å². The molecule has 5 heteroatoms. The van der Waals surface area contributed by atoms with Gasteiger partial charge in [-0.3, -0.25) is 4.74 Å². The SMILES string of the molecule is FC(F)(F)OC(CBr)c1ccccc1. The second-order valence-electron chi connectivity index (χ2n) is 2.62. The normalized spacial score (nSPS) is 14.0. The first-order valence-electron chi connectivity index (χ1n) is 3.88. The smallest absolute Gasteiger partial charge is 0.283 e. The van der Waals surface area contributed by atoms with Gasteiger partial charge in [-0.2, -0.15) is 0 Å². The van der Waals surface area contributed by atoms with Crippen LogP contribution in [0, 0.1) is 0 Å². The molecule has 1 atom stereocenters. The van der Waals surface area contributed by atoms with Crippen molar-refractivity contribution in [2.45, 2.75) is 12.5 Å². The molecule has 0 radical (unpaired) electrons. The van der Waals surface area contributed by atoms with Gasteiger partial charge in [0.2, 0.25) is 0 Å². The number of hydrogen-bond donors (Lipinski definition) is 0. The Bertz CT molecular complexity index is 273. The standard InChI is InChI=1S/C9H8BrF3O/c10-6-8(14-9(11,12)13)7-4-2-1-3-5-7/h1-5,8H,6H2. The second kappa shape index (κ2) is 4.79. The lowest BCUT2D eigenvalue weighted by Crippen LogP contribution is -2.19. The summed E-state index contributed by atoms with van der Waals surface area (Å²) in [5.41, 5.74) is 0.502. The fourth-order valence-corrected chi connectivity index (χ4v) is 1.52. The molecule has 0 N–H and O–H groups in total. The second-order valence-corrected chi connectivity index (χ2v) is 3.26. The summed E-state index contributed by atoms with van der Waals surface area (Å²) in [6.45, 7) is 0. The largest absolute Gasteiger partial charge is 0.523 e. The number of rotatable bonds is 3. The molecule has 0 aliphatic heterocycles. The predicted molar refractivity (Wildman–Crippen MR) is 50.1 cm³/mol. The van der Waals surface area contributed by atoms with Crippen molar-refractivity contribution in [2.75, 3.05) is 5.33 Å². The fraction of sp³-hybridized carbons (Fsp3) is 0.333. The molecule has 0 aliphatic carbocycles. The lowest BCUT2D eigenvalue weighted by atomic mass is 10.1. The van der Waals surface area contributed by atoms with Crippen LogP contribution in [0.1, 0.15) is 11.7 Å². The van der Waals surface area contributed by atoms with Crippen molar-refractivity contribution in [3.05, 3.63) is 35.9 Å². The Kier molecular flexibility index (Phi) is 3.95. The number of ether oxygens (including phenoxy) is 1. The van der Waals surface area contributed by atoms with E-state index >= 15 is 0 Å². The molecular weight excluding hydrogens is 261 g/mol. The average Bonchev–Trinajstić information content (AvgIpc) is 2.14. The molecule has 1 rings (SSSR count). The summed E-state index contributed by atoms with van der Waals surface area (Å²) in [5, 5.41) is 0.108. The van der Waals surface area contributed by atoms with E-state index in [2.05, 4.69) is 20.7 Å². The van der Waals surface area contributed by atoms with E-state index in [4.69, 9.17) is 0 Å². The van der Waals surface area contributed by atoms with E-state index in [0.29, 0.717) is 5.56 Å². The zero-order chi connectivity index (χ0) is 10.6. The molecule has 1 aromatic carbocycles. The van der Waals surface area contributed by atoms with Gasteiger partial charge in [0.05, 0.1) is 0 Å². The summed E-state index contributed by atoms with van der Waals surface area (Å²) in [6, 6.07) is 8.27. The van der Waals surface area contributed by atoms with Crippen LogP contribution in [0.15, 0.2) is 30.3 Å². The first kappa shape index (κ1) is 11.5. The Morgan fingerprint density at radius 3 is 2.21 bits per heavy atom. The Morgan fingerprint density at radius 1 is 1.21 bits per heavy atom. The van der Waals surface area contributed by atoms with Gasteiger partial charge in [0.15, 0.2) is 0 Å². The maximum Gasteiger partial charge on any atom is 0.523 e. The zero-order valence-corrected chi connectivity index (χ0v) is 8.68. The van der Waals surface area contributed by atoms with E-state index in [1.807, 2.05) is 0 Å². The minimum absolute atomic E-state index is 0.108. The Morgan fingerprint density at radius 2 is 1.79 bits per heavy atom. The molecule has 0 bridgehead atoms. The van der Waals surface area contributed by atoms with E-state index in [-0.39, 0.29) is 5.33 Å². The minimum Gasteiger partial charge on any atom is -0.283 e. The van der Waals surface area contributed by atoms with Crippen LogP contribution in [0.2, 0.25) is 0 Å². The third-order valence-electron chi connectivity index (χ3n) is 1.59. The van der Waals surface area contributed by atoms with Crippen molar-refractivity contribution in [3.8, 4) is 0 Å². The summed E-state index contributed by atoms with van der Waals surface area (Å²) in [4.78, 5) is 0. The van der Waals surface area contributed by atoms with Gasteiger partial charge in [0.25, 0.3) is 0 Å². The Hall–Kier alpha value is -0.550. The van der Waals surface area contributed by atoms with Gasteiger partial charge in [-0.05, 0) is 5.56 Å². The van der Waals surface area contributed by atoms with Gasteiger partial charge in [0, 0.05) is 5.33 Å². The number of halogens is 4. The van der Waals surface area contributed by atoms with Crippen molar-refractivity contribution in [2.24, 2.45) is 0 Å². The summed E-state index contributed by atoms with van der Waals surface area (Å²) >= 11 is 2.98. The molecule has 0 aliphatic rings. The monoisotopic (exact) mass is 268 g/mol. The highest BCUT2D eigenvalue weighted by molar-refractivity contribution is 9.09. The highest BCUT2D eigenvalue weighted by Gasteiger charge is 2.33. The summed E-state index contributed by atoms with van der Waals surface area (Å²) in [7, 11) is 0. The van der Waals surface area contributed by atoms with Gasteiger partial charge in [-0.15, -0.1) is 13.2 Å². The Balaban J connectivity index is 2.73. The number of hydrogen-bond acceptors (Lipinski definition) is 1. The molecule has 0 saturated heterocycles. The van der Waals surface area contributed by atoms with Gasteiger partial charge in [0.1, 0.15) is 6.10 Å². The molecular formula is C9H8BrF3O. The van der Waals surface area contributed by atoms with Crippen molar-refractivity contribution in [3.63, 3.8) is 0 Å². The molecule has 0 amide bonds. The molecule has 0 spiro atoms. The summed E-state index contributed by atoms with van der Waals surface area (Å²) in [5.74, 6) is 0. The molecule has 1 unspecified atom stereocenters. The van der Waals surface area contributed by atoms with Crippen molar-refractivity contribution in [1.82, 2.24) is 0 Å². The van der Waals surface area contributed by atoms with Crippen molar-refractivity contribution in [1.29, 1.82) is 0 Å². The lowest BCUT2D eigenvalue weighted by molar-refractivity contribution is -0.341. The summed E-state index contributed by atoms with van der Waals surface area (Å²) < 4.78 is 39.7. The molecule has 0 aromatic heterocycles. The van der Waals surface area contributed by atoms with Gasteiger partial charge in [-0.25, -0.2) is 0 Å². The van der Waals surface area contributed by atoms with Crippen LogP contribution in [-0.2, 0) is 4.74 Å². The first-order chi connectivity index (χ1) is 6.53. The van der Waals surface area contributed by atoms with Crippen LogP contribution in [0.4, 0.5) is 13.2 Å². The van der Waals surface area contributed by atoms with Crippen LogP contribution in [-0.4, -0.2) is 11.7 Å². The maximum absolute atomic E-state index is 11.9. The molecule has 1 aromatic rings. The molecule has 78 valence electrons. The lowest BCUT2D eigenvalue weighted by Gasteiger charge is -2.17. The van der Waals surface area contributed by atoms with E-state index < -0.39 is 12.5 Å². The zero-order valence-electron chi connectivity index (χ0n) is 7.09. The van der Waals surface area contributed by atoms with Crippen LogP contribution >= 0.6 is 15.9 Å². The van der Waals surface area contributed by atoms with Crippen LogP contribution in [0.3, 0.4) is 0 Å². The van der Waals surface area contributed by atoms with Gasteiger partial charge in [-0.1, -0.05) is 46.3 Å². The van der Waals surface area contributed by atoms with Crippen LogP contribution in [0.25, 0.3) is 0 Å². The maximum atomic E-state index is 11.9. The predicted octanol–water partition coefficient (Wildman–Crippen LogP) is 3.66. The van der Waals surface area contributed by atoms with E-state index in [9.17, 15) is 13.2 Å². The van der Waals surface area contributed by atoms with E-state index in [1.165, 1.54) is 0 Å². The topological polar surface area (TPSA) is 9.23 Å². The average molecular weight is 269 g/mol. The van der Waals surface area contributed by atoms with Crippen LogP contribution < -0.4 is 0 Å². The third-order valence-corrected chi connectivity index (χ3v) is 2.18. The quantitative estimate of drug-likeness (QED) is 0.761.